The summed E-state index contributed by atoms with van der Waals surface area (Å²) in [4.78, 5) is 16.5. The van der Waals surface area contributed by atoms with Crippen molar-refractivity contribution >= 4 is 28.5 Å². The quantitative estimate of drug-likeness (QED) is 0.470. The Kier molecular flexibility index (Phi) is 5.91. The number of hydrogen-bond donors (Lipinski definition) is 4. The smallest absolute Gasteiger partial charge is 0.258 e. The molecule has 3 aromatic rings. The Bertz CT molecular complexity index is 1210. The van der Waals surface area contributed by atoms with Gasteiger partial charge in [-0.25, -0.2) is 10.4 Å². The average Bonchev–Trinajstić information content (AvgIpc) is 3.37. The molecule has 4 N–H and O–H groups in total. The minimum absolute atomic E-state index is 0.0378. The Morgan fingerprint density at radius 1 is 1.31 bits per heavy atom. The number of carbonyl (C=O) groups excluding carboxylic acids is 1. The second-order valence-electron chi connectivity index (χ2n) is 7.71. The van der Waals surface area contributed by atoms with Crippen LogP contribution in [0.4, 0.5) is 5.69 Å². The number of anilines is 1. The molecule has 10 heteroatoms. The maximum atomic E-state index is 11.8. The molecule has 1 aliphatic heterocycles. The molecule has 2 aromatic carbocycles. The van der Waals surface area contributed by atoms with Gasteiger partial charge in [-0.15, -0.1) is 0 Å². The number of rotatable bonds is 6. The van der Waals surface area contributed by atoms with E-state index in [4.69, 9.17) is 4.74 Å². The van der Waals surface area contributed by atoms with Gasteiger partial charge >= 0.3 is 0 Å². The van der Waals surface area contributed by atoms with Gasteiger partial charge in [-0.1, -0.05) is 6.07 Å². The average molecular weight is 432 g/mol. The highest BCUT2D eigenvalue weighted by atomic mass is 16.5. The number of nitrogens with zero attached hydrogens (tertiary/aromatic N) is 4. The lowest BCUT2D eigenvalue weighted by atomic mass is 10.1. The lowest BCUT2D eigenvalue weighted by molar-refractivity contribution is -0.123. The predicted octanol–water partition coefficient (Wildman–Crippen LogP) is 2.25. The number of nitriles is 1. The van der Waals surface area contributed by atoms with Crippen LogP contribution in [-0.4, -0.2) is 46.8 Å². The molecule has 4 rings (SSSR count). The molecule has 164 valence electrons. The molecule has 0 radical (unpaired) electrons. The Morgan fingerprint density at radius 3 is 2.94 bits per heavy atom. The summed E-state index contributed by atoms with van der Waals surface area (Å²) in [6.45, 7) is 3.65. The van der Waals surface area contributed by atoms with Gasteiger partial charge in [-0.3, -0.25) is 14.9 Å². The minimum Gasteiger partial charge on any atom is -0.484 e. The number of guanidine groups is 1. The van der Waals surface area contributed by atoms with Crippen molar-refractivity contribution in [2.24, 2.45) is 4.99 Å². The van der Waals surface area contributed by atoms with Crippen LogP contribution in [-0.2, 0) is 4.79 Å². The van der Waals surface area contributed by atoms with Crippen LogP contribution in [0.2, 0.25) is 0 Å². The van der Waals surface area contributed by atoms with Gasteiger partial charge in [0.2, 0.25) is 5.96 Å². The van der Waals surface area contributed by atoms with E-state index in [1.165, 1.54) is 0 Å². The third-order valence-electron chi connectivity index (χ3n) is 4.84. The molecule has 0 aliphatic carbocycles. The fraction of sp³-hybridized carbons (Fsp3) is 0.273. The van der Waals surface area contributed by atoms with Crippen LogP contribution in [0.15, 0.2) is 47.6 Å². The number of fused-ring (bicyclic) bond motifs is 1. The number of carbonyl (C=O) groups is 1. The van der Waals surface area contributed by atoms with Crippen molar-refractivity contribution in [1.82, 2.24) is 25.9 Å². The van der Waals surface area contributed by atoms with E-state index in [2.05, 4.69) is 37.3 Å². The maximum absolute atomic E-state index is 11.8. The Hall–Kier alpha value is -4.10. The fourth-order valence-electron chi connectivity index (χ4n) is 3.36. The van der Waals surface area contributed by atoms with E-state index in [1.807, 2.05) is 39.1 Å². The van der Waals surface area contributed by atoms with Gasteiger partial charge in [-0.2, -0.15) is 10.4 Å². The highest BCUT2D eigenvalue weighted by Crippen LogP contribution is 2.27. The summed E-state index contributed by atoms with van der Waals surface area (Å²) < 4.78 is 5.53. The first-order valence-corrected chi connectivity index (χ1v) is 10.2. The van der Waals surface area contributed by atoms with Crippen molar-refractivity contribution in [3.05, 3.63) is 53.7 Å². The minimum atomic E-state index is -0.437. The predicted molar refractivity (Wildman–Crippen MR) is 121 cm³/mol. The summed E-state index contributed by atoms with van der Waals surface area (Å²) in [7, 11) is 1.85. The zero-order valence-corrected chi connectivity index (χ0v) is 18.0. The third kappa shape index (κ3) is 4.63. The normalized spacial score (nSPS) is 15.5. The number of amides is 1. The van der Waals surface area contributed by atoms with Crippen LogP contribution in [0.3, 0.4) is 0 Å². The van der Waals surface area contributed by atoms with Gasteiger partial charge < -0.3 is 15.4 Å². The molecule has 0 spiro atoms. The van der Waals surface area contributed by atoms with Crippen molar-refractivity contribution in [1.29, 1.82) is 5.26 Å². The zero-order chi connectivity index (χ0) is 22.7. The van der Waals surface area contributed by atoms with E-state index in [1.54, 1.807) is 29.4 Å². The lowest BCUT2D eigenvalue weighted by Crippen LogP contribution is -2.37. The van der Waals surface area contributed by atoms with Gasteiger partial charge in [0, 0.05) is 29.7 Å². The first-order valence-electron chi connectivity index (χ1n) is 10.2. The standard InChI is InChI=1S/C22H24N8O2/c1-13(2)25-20(31)12-32-17-5-6-18(14(9-17)10-23)21-27-22(30(3)29-21)26-16-4-7-19-15(8-16)11-24-28-19/h4-9,11,13,21,29H,12H2,1-3H3,(H,24,28)(H,25,31)(H,26,27). The van der Waals surface area contributed by atoms with Crippen LogP contribution >= 0.6 is 0 Å². The SMILES string of the molecule is CC(C)NC(=O)COc1ccc(C2N=C(Nc3ccc4[nH]ncc4c3)N(C)N2)c(C#N)c1. The Labute approximate surface area is 185 Å². The van der Waals surface area contributed by atoms with Crippen LogP contribution in [0, 0.1) is 11.3 Å². The second kappa shape index (κ2) is 8.95. The number of aliphatic imine (C=N–C) groups is 1. The molecule has 1 unspecified atom stereocenters. The molecule has 1 amide bonds. The topological polar surface area (TPSA) is 130 Å². The van der Waals surface area contributed by atoms with Gasteiger partial charge in [-0.05, 0) is 44.2 Å². The zero-order valence-electron chi connectivity index (χ0n) is 18.0. The van der Waals surface area contributed by atoms with E-state index in [0.29, 0.717) is 22.8 Å². The van der Waals surface area contributed by atoms with Gasteiger partial charge in [0.1, 0.15) is 11.9 Å². The van der Waals surface area contributed by atoms with E-state index < -0.39 is 6.17 Å². The Morgan fingerprint density at radius 2 is 2.16 bits per heavy atom. The number of H-pyrrole nitrogens is 1. The molecule has 1 atom stereocenters. The summed E-state index contributed by atoms with van der Waals surface area (Å²) in [5, 5.41) is 25.4. The number of hydrazine groups is 1. The summed E-state index contributed by atoms with van der Waals surface area (Å²) in [5.74, 6) is 0.856. The highest BCUT2D eigenvalue weighted by molar-refractivity contribution is 5.96. The molecular formula is C22H24N8O2. The van der Waals surface area contributed by atoms with Crippen molar-refractivity contribution in [2.45, 2.75) is 26.1 Å². The van der Waals surface area contributed by atoms with E-state index in [9.17, 15) is 10.1 Å². The maximum Gasteiger partial charge on any atom is 0.258 e. The lowest BCUT2D eigenvalue weighted by Gasteiger charge is -2.17. The van der Waals surface area contributed by atoms with Gasteiger partial charge in [0.15, 0.2) is 6.61 Å². The monoisotopic (exact) mass is 432 g/mol. The highest BCUT2D eigenvalue weighted by Gasteiger charge is 2.25. The van der Waals surface area contributed by atoms with Gasteiger partial charge in [0.25, 0.3) is 5.91 Å². The summed E-state index contributed by atoms with van der Waals surface area (Å²) in [6, 6.07) is 13.2. The summed E-state index contributed by atoms with van der Waals surface area (Å²) in [5.41, 5.74) is 6.18. The first kappa shape index (κ1) is 21.1. The number of ether oxygens (including phenoxy) is 1. The molecule has 10 nitrogen and oxygen atoms in total. The van der Waals surface area contributed by atoms with E-state index in [-0.39, 0.29) is 18.6 Å². The number of aromatic nitrogens is 2. The van der Waals surface area contributed by atoms with Gasteiger partial charge in [0.05, 0.1) is 23.3 Å². The number of nitrogens with one attached hydrogen (secondary N) is 4. The van der Waals surface area contributed by atoms with Crippen LogP contribution in [0.5, 0.6) is 5.75 Å². The molecular weight excluding hydrogens is 408 g/mol. The van der Waals surface area contributed by atoms with Crippen molar-refractivity contribution in [2.75, 3.05) is 19.0 Å². The molecule has 0 saturated carbocycles. The molecule has 2 heterocycles. The van der Waals surface area contributed by atoms with Crippen molar-refractivity contribution in [3.63, 3.8) is 0 Å². The first-order chi connectivity index (χ1) is 15.4. The molecule has 0 saturated heterocycles. The van der Waals surface area contributed by atoms with Crippen molar-refractivity contribution < 1.29 is 9.53 Å². The second-order valence-corrected chi connectivity index (χ2v) is 7.71. The fourth-order valence-corrected chi connectivity index (χ4v) is 3.36. The number of hydrogen-bond acceptors (Lipinski definition) is 8. The molecule has 0 fully saturated rings. The summed E-state index contributed by atoms with van der Waals surface area (Å²) in [6.07, 6.45) is 1.32. The summed E-state index contributed by atoms with van der Waals surface area (Å²) >= 11 is 0. The Balaban J connectivity index is 1.48. The van der Waals surface area contributed by atoms with Crippen LogP contribution < -0.4 is 20.8 Å². The van der Waals surface area contributed by atoms with E-state index >= 15 is 0 Å². The van der Waals surface area contributed by atoms with Crippen molar-refractivity contribution in [3.8, 4) is 11.8 Å². The van der Waals surface area contributed by atoms with Crippen LogP contribution in [0.1, 0.15) is 31.1 Å². The molecule has 0 bridgehead atoms. The van der Waals surface area contributed by atoms with E-state index in [0.717, 1.165) is 16.6 Å². The van der Waals surface area contributed by atoms with Crippen LogP contribution in [0.25, 0.3) is 10.9 Å². The number of benzene rings is 2. The largest absolute Gasteiger partial charge is 0.484 e. The molecule has 32 heavy (non-hydrogen) atoms. The molecule has 1 aliphatic rings. The molecule has 1 aromatic heterocycles. The number of aromatic amines is 1. The third-order valence-corrected chi connectivity index (χ3v) is 4.84.